The molecule has 0 saturated heterocycles. The van der Waals surface area contributed by atoms with Crippen LogP contribution in [0.15, 0.2) is 29.3 Å². The van der Waals surface area contributed by atoms with E-state index in [1.165, 1.54) is 10.4 Å². The van der Waals surface area contributed by atoms with Crippen molar-refractivity contribution in [1.82, 2.24) is 14.8 Å². The first-order chi connectivity index (χ1) is 11.1. The fourth-order valence-electron chi connectivity index (χ4n) is 2.92. The molecule has 116 valence electrons. The van der Waals surface area contributed by atoms with Crippen LogP contribution in [0.2, 0.25) is 5.02 Å². The van der Waals surface area contributed by atoms with Gasteiger partial charge in [-0.3, -0.25) is 9.56 Å². The van der Waals surface area contributed by atoms with Crippen LogP contribution in [0.3, 0.4) is 0 Å². The number of thiophene rings is 1. The molecule has 0 fully saturated rings. The molecule has 2 aromatic heterocycles. The van der Waals surface area contributed by atoms with E-state index >= 15 is 0 Å². The van der Waals surface area contributed by atoms with Crippen molar-refractivity contribution in [1.29, 1.82) is 0 Å². The second kappa shape index (κ2) is 5.28. The Morgan fingerprint density at radius 3 is 2.78 bits per heavy atom. The third-order valence-electron chi connectivity index (χ3n) is 4.18. The molecule has 0 aliphatic carbocycles. The number of rotatable bonds is 1. The van der Waals surface area contributed by atoms with Gasteiger partial charge in [-0.1, -0.05) is 23.7 Å². The van der Waals surface area contributed by atoms with E-state index in [0.717, 1.165) is 38.5 Å². The lowest BCUT2D eigenvalue weighted by atomic mass is 10.00. The summed E-state index contributed by atoms with van der Waals surface area (Å²) in [7, 11) is 0. The van der Waals surface area contributed by atoms with Crippen molar-refractivity contribution in [3.05, 3.63) is 62.5 Å². The minimum absolute atomic E-state index is 0.516. The van der Waals surface area contributed by atoms with E-state index < -0.39 is 0 Å². The molecule has 0 radical (unpaired) electrons. The maximum absolute atomic E-state index is 6.19. The van der Waals surface area contributed by atoms with Crippen LogP contribution in [-0.2, 0) is 6.54 Å². The number of nitrogens with zero attached hydrogens (tertiary/aromatic N) is 4. The Kier molecular flexibility index (Phi) is 3.36. The molecule has 0 spiro atoms. The number of aryl methyl sites for hydroxylation is 2. The van der Waals surface area contributed by atoms with Gasteiger partial charge in [-0.05, 0) is 38.5 Å². The Bertz CT molecular complexity index is 952. The first kappa shape index (κ1) is 14.6. The summed E-state index contributed by atoms with van der Waals surface area (Å²) in [5.74, 6) is 1.77. The van der Waals surface area contributed by atoms with Gasteiger partial charge in [-0.15, -0.1) is 21.5 Å². The molecular weight excluding hydrogens is 328 g/mol. The van der Waals surface area contributed by atoms with Crippen LogP contribution in [0.4, 0.5) is 0 Å². The number of halogens is 1. The molecule has 1 aromatic carbocycles. The molecule has 0 atom stereocenters. The van der Waals surface area contributed by atoms with Crippen molar-refractivity contribution in [2.45, 2.75) is 27.3 Å². The van der Waals surface area contributed by atoms with Crippen LogP contribution in [0.5, 0.6) is 0 Å². The second-order valence-electron chi connectivity index (χ2n) is 5.64. The number of hydrogen-bond acceptors (Lipinski definition) is 4. The van der Waals surface area contributed by atoms with Crippen molar-refractivity contribution in [3.63, 3.8) is 0 Å². The summed E-state index contributed by atoms with van der Waals surface area (Å²) < 4.78 is 2.13. The fourth-order valence-corrected chi connectivity index (χ4v) is 4.33. The molecule has 3 heterocycles. The van der Waals surface area contributed by atoms with Crippen LogP contribution in [-0.4, -0.2) is 20.5 Å². The van der Waals surface area contributed by atoms with Gasteiger partial charge in [0.1, 0.15) is 17.4 Å². The molecule has 1 aliphatic rings. The van der Waals surface area contributed by atoms with Crippen LogP contribution in [0, 0.1) is 20.8 Å². The number of hydrogen-bond donors (Lipinski definition) is 0. The van der Waals surface area contributed by atoms with Crippen LogP contribution in [0.25, 0.3) is 5.00 Å². The SMILES string of the molecule is Cc1sc2c(c1C)C(c1cccc(Cl)c1)=NCc1nnc(C)n1-2. The van der Waals surface area contributed by atoms with Gasteiger partial charge in [0.25, 0.3) is 0 Å². The highest BCUT2D eigenvalue weighted by atomic mass is 35.5. The zero-order valence-corrected chi connectivity index (χ0v) is 14.7. The lowest BCUT2D eigenvalue weighted by Gasteiger charge is -2.09. The highest BCUT2D eigenvalue weighted by Gasteiger charge is 2.26. The largest absolute Gasteiger partial charge is 0.276 e. The second-order valence-corrected chi connectivity index (χ2v) is 7.28. The maximum Gasteiger partial charge on any atom is 0.160 e. The first-order valence-corrected chi connectivity index (χ1v) is 8.57. The minimum Gasteiger partial charge on any atom is -0.276 e. The van der Waals surface area contributed by atoms with E-state index in [1.807, 2.05) is 25.1 Å². The molecular formula is C17H15ClN4S. The molecule has 1 aliphatic heterocycles. The summed E-state index contributed by atoms with van der Waals surface area (Å²) in [4.78, 5) is 6.13. The Morgan fingerprint density at radius 1 is 1.17 bits per heavy atom. The monoisotopic (exact) mass is 342 g/mol. The Morgan fingerprint density at radius 2 is 2.00 bits per heavy atom. The smallest absolute Gasteiger partial charge is 0.160 e. The maximum atomic E-state index is 6.19. The van der Waals surface area contributed by atoms with Gasteiger partial charge in [0.15, 0.2) is 5.82 Å². The summed E-state index contributed by atoms with van der Waals surface area (Å²) in [6.45, 7) is 6.79. The molecule has 0 unspecified atom stereocenters. The topological polar surface area (TPSA) is 43.1 Å². The van der Waals surface area contributed by atoms with E-state index in [9.17, 15) is 0 Å². The molecule has 3 aromatic rings. The molecule has 4 rings (SSSR count). The molecule has 0 N–H and O–H groups in total. The predicted octanol–water partition coefficient (Wildman–Crippen LogP) is 4.26. The molecule has 4 nitrogen and oxygen atoms in total. The van der Waals surface area contributed by atoms with Crippen LogP contribution >= 0.6 is 22.9 Å². The average Bonchev–Trinajstić information content (AvgIpc) is 2.96. The standard InChI is InChI=1S/C17H15ClN4S/c1-9-10(2)23-17-15(9)16(12-5-4-6-13(18)7-12)19-8-14-21-20-11(3)22(14)17/h4-7H,8H2,1-3H3. The van der Waals surface area contributed by atoms with Crippen LogP contribution in [0.1, 0.15) is 33.2 Å². The lowest BCUT2D eigenvalue weighted by molar-refractivity contribution is 0.869. The van der Waals surface area contributed by atoms with E-state index in [1.54, 1.807) is 11.3 Å². The molecule has 0 amide bonds. The Labute approximate surface area is 143 Å². The van der Waals surface area contributed by atoms with Gasteiger partial charge in [-0.25, -0.2) is 0 Å². The van der Waals surface area contributed by atoms with E-state index in [-0.39, 0.29) is 0 Å². The summed E-state index contributed by atoms with van der Waals surface area (Å²) >= 11 is 7.95. The number of aromatic nitrogens is 3. The first-order valence-electron chi connectivity index (χ1n) is 7.38. The summed E-state index contributed by atoms with van der Waals surface area (Å²) in [5, 5.41) is 10.4. The summed E-state index contributed by atoms with van der Waals surface area (Å²) in [6.07, 6.45) is 0. The highest BCUT2D eigenvalue weighted by Crippen LogP contribution is 2.36. The van der Waals surface area contributed by atoms with Gasteiger partial charge < -0.3 is 0 Å². The van der Waals surface area contributed by atoms with Gasteiger partial charge in [-0.2, -0.15) is 0 Å². The third kappa shape index (κ3) is 2.23. The number of fused-ring (bicyclic) bond motifs is 3. The average molecular weight is 343 g/mol. The van der Waals surface area contributed by atoms with Crippen molar-refractivity contribution < 1.29 is 0 Å². The fraction of sp³-hybridized carbons (Fsp3) is 0.235. The summed E-state index contributed by atoms with van der Waals surface area (Å²) in [6, 6.07) is 7.87. The number of aliphatic imine (C=N–C) groups is 1. The van der Waals surface area contributed by atoms with E-state index in [4.69, 9.17) is 16.6 Å². The molecule has 0 saturated carbocycles. The Hall–Kier alpha value is -1.98. The quantitative estimate of drug-likeness (QED) is 0.663. The third-order valence-corrected chi connectivity index (χ3v) is 5.60. The Balaban J connectivity index is 2.03. The van der Waals surface area contributed by atoms with Gasteiger partial charge in [0.2, 0.25) is 0 Å². The van der Waals surface area contributed by atoms with Crippen molar-refractivity contribution >= 4 is 28.6 Å². The molecule has 23 heavy (non-hydrogen) atoms. The zero-order chi connectivity index (χ0) is 16.1. The van der Waals surface area contributed by atoms with Gasteiger partial charge in [0, 0.05) is 21.0 Å². The molecule has 0 bridgehead atoms. The van der Waals surface area contributed by atoms with E-state index in [0.29, 0.717) is 6.54 Å². The van der Waals surface area contributed by atoms with Crippen molar-refractivity contribution in [2.75, 3.05) is 0 Å². The normalized spacial score (nSPS) is 13.3. The van der Waals surface area contributed by atoms with E-state index in [2.05, 4.69) is 34.7 Å². The van der Waals surface area contributed by atoms with Gasteiger partial charge >= 0.3 is 0 Å². The van der Waals surface area contributed by atoms with Crippen molar-refractivity contribution in [3.8, 4) is 5.00 Å². The van der Waals surface area contributed by atoms with Crippen LogP contribution < -0.4 is 0 Å². The minimum atomic E-state index is 0.516. The lowest BCUT2D eigenvalue weighted by Crippen LogP contribution is -2.07. The number of benzene rings is 1. The molecule has 6 heteroatoms. The summed E-state index contributed by atoms with van der Waals surface area (Å²) in [5.41, 5.74) is 4.44. The van der Waals surface area contributed by atoms with Gasteiger partial charge in [0.05, 0.1) is 5.71 Å². The van der Waals surface area contributed by atoms with Crippen molar-refractivity contribution in [2.24, 2.45) is 4.99 Å². The highest BCUT2D eigenvalue weighted by molar-refractivity contribution is 7.15. The zero-order valence-electron chi connectivity index (χ0n) is 13.1. The predicted molar refractivity (Wildman–Crippen MR) is 94.2 cm³/mol.